The molecule has 1 amide bonds. The van der Waals surface area contributed by atoms with Gasteiger partial charge in [-0.2, -0.15) is 0 Å². The third kappa shape index (κ3) is 7.13. The molecule has 288 valence electrons. The molecular weight excluding hydrogens is 759 g/mol. The standard InChI is InChI=1S/C43H39N7O5S2/c1-24-6-19-35(40-34(24)20-21-44-40)49-57(53,54)33-17-7-28(8-18-33)23-45-42(52)32-15-11-30(12-16-32)29-9-13-31(14-10-29)39-38-25(2)26(3)56-43(38)50-27(4)47-48-41(50)36(46-39)22-37(51)55-5/h6-21,36,44,49H,22-23H2,1-5H3,(H,45,52)/t36-/m0/s1. The van der Waals surface area contributed by atoms with Crippen LogP contribution < -0.4 is 10.0 Å². The number of hydrogen-bond acceptors (Lipinski definition) is 9. The summed E-state index contributed by atoms with van der Waals surface area (Å²) in [6.45, 7) is 8.27. The SMILES string of the molecule is COC(=O)C[C@@H]1N=C(c2ccc(-c3ccc(C(=O)NCc4ccc(S(=O)(=O)Nc5ccc(C)c6cc[nH]c56)cc4)cc3)cc2)c2c(sc(C)c2C)-n2c(C)nnc21. The number of benzene rings is 4. The fourth-order valence-electron chi connectivity index (χ4n) is 7.06. The zero-order chi connectivity index (χ0) is 40.0. The lowest BCUT2D eigenvalue weighted by atomic mass is 9.96. The van der Waals surface area contributed by atoms with Crippen LogP contribution in [0.3, 0.4) is 0 Å². The molecule has 57 heavy (non-hydrogen) atoms. The first kappa shape index (κ1) is 37.5. The van der Waals surface area contributed by atoms with Crippen molar-refractivity contribution < 1.29 is 22.7 Å². The third-order valence-corrected chi connectivity index (χ3v) is 12.9. The van der Waals surface area contributed by atoms with Gasteiger partial charge in [0.05, 0.1) is 35.3 Å². The molecule has 3 N–H and O–H groups in total. The van der Waals surface area contributed by atoms with Crippen LogP contribution in [0, 0.1) is 27.7 Å². The predicted molar refractivity (Wildman–Crippen MR) is 222 cm³/mol. The van der Waals surface area contributed by atoms with Crippen LogP contribution in [-0.4, -0.2) is 52.9 Å². The van der Waals surface area contributed by atoms with Gasteiger partial charge in [0.25, 0.3) is 15.9 Å². The molecule has 0 saturated carbocycles. The molecule has 0 aliphatic carbocycles. The number of thiophene rings is 1. The number of ether oxygens (including phenoxy) is 1. The quantitative estimate of drug-likeness (QED) is 0.119. The number of amides is 1. The molecule has 7 aromatic rings. The van der Waals surface area contributed by atoms with Gasteiger partial charge < -0.3 is 15.0 Å². The van der Waals surface area contributed by atoms with Gasteiger partial charge in [-0.15, -0.1) is 21.5 Å². The fourth-order valence-corrected chi connectivity index (χ4v) is 9.35. The number of nitrogens with one attached hydrogen (secondary N) is 3. The molecule has 14 heteroatoms. The van der Waals surface area contributed by atoms with Gasteiger partial charge in [-0.05, 0) is 91.9 Å². The zero-order valence-electron chi connectivity index (χ0n) is 31.9. The van der Waals surface area contributed by atoms with E-state index >= 15 is 0 Å². The number of sulfonamides is 1. The van der Waals surface area contributed by atoms with Gasteiger partial charge >= 0.3 is 5.97 Å². The van der Waals surface area contributed by atoms with Gasteiger partial charge in [-0.1, -0.05) is 54.6 Å². The number of aliphatic imine (C=N–C) groups is 1. The van der Waals surface area contributed by atoms with Gasteiger partial charge in [0.2, 0.25) is 0 Å². The fraction of sp³-hybridized carbons (Fsp3) is 0.186. The Hall–Kier alpha value is -6.38. The van der Waals surface area contributed by atoms with Crippen molar-refractivity contribution in [2.45, 2.75) is 51.6 Å². The summed E-state index contributed by atoms with van der Waals surface area (Å²) in [5.74, 6) is 0.693. The summed E-state index contributed by atoms with van der Waals surface area (Å²) >= 11 is 1.65. The van der Waals surface area contributed by atoms with E-state index < -0.39 is 16.1 Å². The minimum Gasteiger partial charge on any atom is -0.469 e. The number of aromatic amines is 1. The second-order valence-corrected chi connectivity index (χ2v) is 16.8. The molecule has 0 bridgehead atoms. The minimum absolute atomic E-state index is 0.0320. The van der Waals surface area contributed by atoms with Crippen molar-refractivity contribution in [3.05, 3.63) is 147 Å². The maximum Gasteiger partial charge on any atom is 0.308 e. The van der Waals surface area contributed by atoms with E-state index in [1.807, 2.05) is 66.9 Å². The summed E-state index contributed by atoms with van der Waals surface area (Å²) in [4.78, 5) is 35.1. The molecule has 3 aromatic heterocycles. The molecule has 0 unspecified atom stereocenters. The normalized spacial score (nSPS) is 13.7. The van der Waals surface area contributed by atoms with Crippen LogP contribution in [0.25, 0.3) is 27.0 Å². The van der Waals surface area contributed by atoms with Crippen LogP contribution >= 0.6 is 11.3 Å². The van der Waals surface area contributed by atoms with E-state index in [0.29, 0.717) is 17.1 Å². The number of carbonyl (C=O) groups excluding carboxylic acids is 2. The Morgan fingerprint density at radius 3 is 2.25 bits per heavy atom. The van der Waals surface area contributed by atoms with Crippen molar-refractivity contribution in [2.75, 3.05) is 11.8 Å². The summed E-state index contributed by atoms with van der Waals surface area (Å²) in [5, 5.41) is 13.6. The number of rotatable bonds is 10. The number of methoxy groups -OCH3 is 1. The van der Waals surface area contributed by atoms with Crippen molar-refractivity contribution in [1.29, 1.82) is 0 Å². The van der Waals surface area contributed by atoms with Crippen LogP contribution in [0.2, 0.25) is 0 Å². The van der Waals surface area contributed by atoms with Gasteiger partial charge in [-0.25, -0.2) is 8.42 Å². The number of fused-ring (bicyclic) bond motifs is 4. The van der Waals surface area contributed by atoms with E-state index in [2.05, 4.69) is 39.1 Å². The average molecular weight is 798 g/mol. The highest BCUT2D eigenvalue weighted by molar-refractivity contribution is 7.92. The van der Waals surface area contributed by atoms with E-state index in [1.54, 1.807) is 47.9 Å². The Kier molecular flexibility index (Phi) is 9.84. The number of aromatic nitrogens is 4. The van der Waals surface area contributed by atoms with E-state index in [4.69, 9.17) is 9.73 Å². The molecule has 0 fully saturated rings. The molecule has 1 atom stereocenters. The maximum absolute atomic E-state index is 13.2. The van der Waals surface area contributed by atoms with Crippen LogP contribution in [0.4, 0.5) is 5.69 Å². The summed E-state index contributed by atoms with van der Waals surface area (Å²) < 4.78 is 36.1. The smallest absolute Gasteiger partial charge is 0.308 e. The number of H-pyrrole nitrogens is 1. The van der Waals surface area contributed by atoms with Crippen LogP contribution in [0.1, 0.15) is 67.2 Å². The lowest BCUT2D eigenvalue weighted by Crippen LogP contribution is -2.22. The molecule has 0 radical (unpaired) electrons. The van der Waals surface area contributed by atoms with Crippen molar-refractivity contribution in [3.63, 3.8) is 0 Å². The molecule has 8 rings (SSSR count). The Bertz CT molecular complexity index is 2820. The molecule has 0 spiro atoms. The lowest BCUT2D eigenvalue weighted by molar-refractivity contribution is -0.141. The van der Waals surface area contributed by atoms with Gasteiger partial charge in [0, 0.05) is 39.7 Å². The van der Waals surface area contributed by atoms with Crippen LogP contribution in [0.15, 0.2) is 107 Å². The Labute approximate surface area is 333 Å². The first-order valence-corrected chi connectivity index (χ1v) is 20.6. The minimum atomic E-state index is -3.84. The maximum atomic E-state index is 13.2. The van der Waals surface area contributed by atoms with E-state index in [9.17, 15) is 18.0 Å². The van der Waals surface area contributed by atoms with Crippen molar-refractivity contribution in [2.24, 2.45) is 4.99 Å². The average Bonchev–Trinajstić information content (AvgIpc) is 3.92. The Morgan fingerprint density at radius 2 is 1.54 bits per heavy atom. The molecule has 4 heterocycles. The highest BCUT2D eigenvalue weighted by atomic mass is 32.2. The molecule has 1 aliphatic heterocycles. The molecular formula is C43H39N7O5S2. The number of esters is 1. The van der Waals surface area contributed by atoms with Gasteiger partial charge in [0.1, 0.15) is 16.9 Å². The highest BCUT2D eigenvalue weighted by Gasteiger charge is 2.32. The lowest BCUT2D eigenvalue weighted by Gasteiger charge is -2.12. The monoisotopic (exact) mass is 797 g/mol. The summed E-state index contributed by atoms with van der Waals surface area (Å²) in [5.41, 5.74) is 9.16. The second kappa shape index (κ2) is 14.9. The number of carbonyl (C=O) groups is 2. The first-order chi connectivity index (χ1) is 27.4. The zero-order valence-corrected chi connectivity index (χ0v) is 33.5. The Balaban J connectivity index is 0.949. The van der Waals surface area contributed by atoms with E-state index in [-0.39, 0.29) is 29.7 Å². The first-order valence-electron chi connectivity index (χ1n) is 18.3. The second-order valence-electron chi connectivity index (χ2n) is 14.0. The number of nitrogens with zero attached hydrogens (tertiary/aromatic N) is 4. The van der Waals surface area contributed by atoms with Crippen LogP contribution in [-0.2, 0) is 26.1 Å². The van der Waals surface area contributed by atoms with Crippen LogP contribution in [0.5, 0.6) is 0 Å². The Morgan fingerprint density at radius 1 is 0.860 bits per heavy atom. The molecule has 0 saturated heterocycles. The number of anilines is 1. The van der Waals surface area contributed by atoms with Crippen molar-refractivity contribution >= 4 is 55.5 Å². The topological polar surface area (TPSA) is 160 Å². The van der Waals surface area contributed by atoms with E-state index in [1.165, 1.54) is 19.2 Å². The van der Waals surface area contributed by atoms with Crippen molar-refractivity contribution in [1.82, 2.24) is 25.1 Å². The van der Waals surface area contributed by atoms with Gasteiger partial charge in [0.15, 0.2) is 5.82 Å². The molecule has 12 nitrogen and oxygen atoms in total. The molecule has 1 aliphatic rings. The number of aryl methyl sites for hydroxylation is 3. The van der Waals surface area contributed by atoms with Gasteiger partial charge in [-0.3, -0.25) is 23.9 Å². The largest absolute Gasteiger partial charge is 0.469 e. The summed E-state index contributed by atoms with van der Waals surface area (Å²) in [6, 6.07) is 26.8. The van der Waals surface area contributed by atoms with E-state index in [0.717, 1.165) is 71.3 Å². The summed E-state index contributed by atoms with van der Waals surface area (Å²) in [6.07, 6.45) is 1.81. The number of hydrogen-bond donors (Lipinski definition) is 3. The predicted octanol–water partition coefficient (Wildman–Crippen LogP) is 7.90. The third-order valence-electron chi connectivity index (χ3n) is 10.3. The van der Waals surface area contributed by atoms with Crippen molar-refractivity contribution in [3.8, 4) is 16.1 Å². The summed E-state index contributed by atoms with van der Waals surface area (Å²) in [7, 11) is -2.47. The molecule has 4 aromatic carbocycles. The highest BCUT2D eigenvalue weighted by Crippen LogP contribution is 2.40.